The van der Waals surface area contributed by atoms with Crippen molar-refractivity contribution in [1.82, 2.24) is 0 Å². The highest BCUT2D eigenvalue weighted by molar-refractivity contribution is 7.98. The normalized spacial score (nSPS) is 16.4. The number of hydrogen-bond acceptors (Lipinski definition) is 3. The Labute approximate surface area is 86.4 Å². The predicted octanol–water partition coefficient (Wildman–Crippen LogP) is 2.33. The third-order valence-corrected chi connectivity index (χ3v) is 2.80. The minimum atomic E-state index is -0.227. The fourth-order valence-corrected chi connectivity index (χ4v) is 1.65. The van der Waals surface area contributed by atoms with Gasteiger partial charge in [-0.05, 0) is 18.4 Å². The van der Waals surface area contributed by atoms with Crippen LogP contribution in [0.2, 0.25) is 0 Å². The molecule has 2 nitrogen and oxygen atoms in total. The Bertz CT molecular complexity index is 326. The fraction of sp³-hybridized carbons (Fsp3) is 0.400. The summed E-state index contributed by atoms with van der Waals surface area (Å²) in [6.07, 6.45) is 1.94. The Kier molecular flexibility index (Phi) is 2.93. The second-order valence-corrected chi connectivity index (χ2v) is 3.92. The van der Waals surface area contributed by atoms with Gasteiger partial charge in [0.25, 0.3) is 0 Å². The number of hydrogen-bond donors (Lipinski definition) is 0. The van der Waals surface area contributed by atoms with Crippen LogP contribution in [0, 0.1) is 5.82 Å². The first-order chi connectivity index (χ1) is 6.79. The number of thioether (sulfide) groups is 1. The summed E-state index contributed by atoms with van der Waals surface area (Å²) >= 11 is 1.39. The third-order valence-electron chi connectivity index (χ3n) is 2.03. The zero-order chi connectivity index (χ0) is 9.97. The molecule has 0 bridgehead atoms. The molecule has 1 aromatic rings. The number of benzene rings is 1. The topological polar surface area (TPSA) is 18.5 Å². The zero-order valence-corrected chi connectivity index (χ0v) is 8.64. The highest BCUT2D eigenvalue weighted by Crippen LogP contribution is 2.24. The van der Waals surface area contributed by atoms with Crippen LogP contribution in [0.5, 0.6) is 5.75 Å². The molecule has 1 saturated heterocycles. The zero-order valence-electron chi connectivity index (χ0n) is 7.83. The van der Waals surface area contributed by atoms with Crippen LogP contribution in [0.15, 0.2) is 23.1 Å². The van der Waals surface area contributed by atoms with Crippen molar-refractivity contribution in [2.75, 3.05) is 19.5 Å². The van der Waals surface area contributed by atoms with E-state index in [9.17, 15) is 4.39 Å². The van der Waals surface area contributed by atoms with Crippen molar-refractivity contribution in [3.05, 3.63) is 24.0 Å². The molecular formula is C10H11FO2S. The van der Waals surface area contributed by atoms with Crippen molar-refractivity contribution in [3.63, 3.8) is 0 Å². The van der Waals surface area contributed by atoms with Crippen LogP contribution in [-0.4, -0.2) is 25.6 Å². The van der Waals surface area contributed by atoms with Gasteiger partial charge in [-0.25, -0.2) is 4.39 Å². The molecule has 0 amide bonds. The summed E-state index contributed by atoms with van der Waals surface area (Å²) in [5.74, 6) is 0.351. The standard InChI is InChI=1S/C10H11FO2S/c1-14-10-3-2-7(4-9(10)11)13-8-5-12-6-8/h2-4,8H,5-6H2,1H3. The smallest absolute Gasteiger partial charge is 0.145 e. The van der Waals surface area contributed by atoms with E-state index in [1.54, 1.807) is 12.1 Å². The maximum atomic E-state index is 13.3. The molecule has 1 aliphatic rings. The van der Waals surface area contributed by atoms with Gasteiger partial charge in [-0.15, -0.1) is 11.8 Å². The molecule has 0 saturated carbocycles. The summed E-state index contributed by atoms with van der Waals surface area (Å²) in [5, 5.41) is 0. The molecule has 0 aromatic heterocycles. The van der Waals surface area contributed by atoms with Gasteiger partial charge in [0.15, 0.2) is 0 Å². The van der Waals surface area contributed by atoms with Gasteiger partial charge in [-0.3, -0.25) is 0 Å². The largest absolute Gasteiger partial charge is 0.485 e. The summed E-state index contributed by atoms with van der Waals surface area (Å²) in [6, 6.07) is 4.94. The molecule has 1 heterocycles. The monoisotopic (exact) mass is 214 g/mol. The molecule has 14 heavy (non-hydrogen) atoms. The lowest BCUT2D eigenvalue weighted by atomic mass is 10.3. The Balaban J connectivity index is 2.07. The first kappa shape index (κ1) is 9.80. The number of ether oxygens (including phenoxy) is 2. The first-order valence-electron chi connectivity index (χ1n) is 4.37. The van der Waals surface area contributed by atoms with E-state index in [0.717, 1.165) is 0 Å². The van der Waals surface area contributed by atoms with Gasteiger partial charge in [0, 0.05) is 11.0 Å². The van der Waals surface area contributed by atoms with E-state index in [4.69, 9.17) is 9.47 Å². The molecule has 0 spiro atoms. The lowest BCUT2D eigenvalue weighted by molar-refractivity contribution is -0.0797. The SMILES string of the molecule is CSc1ccc(OC2COC2)cc1F. The van der Waals surface area contributed by atoms with Gasteiger partial charge in [-0.1, -0.05) is 0 Å². The molecule has 0 aliphatic carbocycles. The maximum absolute atomic E-state index is 13.3. The van der Waals surface area contributed by atoms with Gasteiger partial charge in [0.05, 0.1) is 13.2 Å². The van der Waals surface area contributed by atoms with Crippen LogP contribution in [-0.2, 0) is 4.74 Å². The molecule has 0 N–H and O–H groups in total. The Hall–Kier alpha value is -0.740. The highest BCUT2D eigenvalue weighted by Gasteiger charge is 2.20. The molecule has 2 rings (SSSR count). The van der Waals surface area contributed by atoms with Crippen LogP contribution in [0.4, 0.5) is 4.39 Å². The molecule has 4 heteroatoms. The molecule has 0 atom stereocenters. The molecular weight excluding hydrogens is 203 g/mol. The first-order valence-corrected chi connectivity index (χ1v) is 5.60. The van der Waals surface area contributed by atoms with Crippen LogP contribution in [0.25, 0.3) is 0 Å². The van der Waals surface area contributed by atoms with E-state index in [1.165, 1.54) is 17.8 Å². The summed E-state index contributed by atoms with van der Waals surface area (Å²) in [6.45, 7) is 1.21. The molecule has 0 radical (unpaired) electrons. The Morgan fingerprint density at radius 2 is 2.29 bits per heavy atom. The summed E-state index contributed by atoms with van der Waals surface area (Å²) < 4.78 is 23.7. The van der Waals surface area contributed by atoms with Crippen LogP contribution >= 0.6 is 11.8 Å². The third kappa shape index (κ3) is 2.01. The maximum Gasteiger partial charge on any atom is 0.145 e. The second kappa shape index (κ2) is 4.19. The van der Waals surface area contributed by atoms with Crippen LogP contribution in [0.1, 0.15) is 0 Å². The molecule has 0 unspecified atom stereocenters. The van der Waals surface area contributed by atoms with Crippen molar-refractivity contribution in [3.8, 4) is 5.75 Å². The van der Waals surface area contributed by atoms with Gasteiger partial charge in [-0.2, -0.15) is 0 Å². The molecule has 1 fully saturated rings. The fourth-order valence-electron chi connectivity index (χ4n) is 1.19. The van der Waals surface area contributed by atoms with Crippen molar-refractivity contribution in [1.29, 1.82) is 0 Å². The van der Waals surface area contributed by atoms with E-state index in [0.29, 0.717) is 23.9 Å². The molecule has 1 aliphatic heterocycles. The molecule has 76 valence electrons. The van der Waals surface area contributed by atoms with Crippen LogP contribution < -0.4 is 4.74 Å². The minimum absolute atomic E-state index is 0.0922. The van der Waals surface area contributed by atoms with Crippen molar-refractivity contribution in [2.24, 2.45) is 0 Å². The van der Waals surface area contributed by atoms with Gasteiger partial charge in [0.1, 0.15) is 17.7 Å². The average molecular weight is 214 g/mol. The van der Waals surface area contributed by atoms with E-state index in [2.05, 4.69) is 0 Å². The average Bonchev–Trinajstić information content (AvgIpc) is 2.12. The predicted molar refractivity (Wildman–Crippen MR) is 53.4 cm³/mol. The highest BCUT2D eigenvalue weighted by atomic mass is 32.2. The number of rotatable bonds is 3. The summed E-state index contributed by atoms with van der Waals surface area (Å²) in [7, 11) is 0. The number of halogens is 1. The second-order valence-electron chi connectivity index (χ2n) is 3.07. The van der Waals surface area contributed by atoms with E-state index < -0.39 is 0 Å². The Morgan fingerprint density at radius 1 is 1.50 bits per heavy atom. The van der Waals surface area contributed by atoms with Crippen molar-refractivity contribution < 1.29 is 13.9 Å². The lowest BCUT2D eigenvalue weighted by Crippen LogP contribution is -2.38. The van der Waals surface area contributed by atoms with Crippen molar-refractivity contribution >= 4 is 11.8 Å². The lowest BCUT2D eigenvalue weighted by Gasteiger charge is -2.26. The summed E-state index contributed by atoms with van der Waals surface area (Å²) in [5.41, 5.74) is 0. The van der Waals surface area contributed by atoms with Gasteiger partial charge >= 0.3 is 0 Å². The minimum Gasteiger partial charge on any atom is -0.485 e. The van der Waals surface area contributed by atoms with E-state index in [-0.39, 0.29) is 11.9 Å². The van der Waals surface area contributed by atoms with Crippen molar-refractivity contribution in [2.45, 2.75) is 11.0 Å². The molecule has 1 aromatic carbocycles. The quantitative estimate of drug-likeness (QED) is 0.719. The van der Waals surface area contributed by atoms with E-state index in [1.807, 2.05) is 6.26 Å². The van der Waals surface area contributed by atoms with Gasteiger partial charge < -0.3 is 9.47 Å². The van der Waals surface area contributed by atoms with Gasteiger partial charge in [0.2, 0.25) is 0 Å². The van der Waals surface area contributed by atoms with Crippen LogP contribution in [0.3, 0.4) is 0 Å². The summed E-state index contributed by atoms with van der Waals surface area (Å²) in [4.78, 5) is 0.641. The Morgan fingerprint density at radius 3 is 2.79 bits per heavy atom. The van der Waals surface area contributed by atoms with E-state index >= 15 is 0 Å².